The Kier molecular flexibility index (Phi) is 4.84. The number of nitrogens with zero attached hydrogens (tertiary/aromatic N) is 1. The molecule has 2 amide bonds. The maximum Gasteiger partial charge on any atom is 0.229 e. The highest BCUT2D eigenvalue weighted by molar-refractivity contribution is 7.80. The standard InChI is InChI=1S/C12H21NO2S/c1-3-12(4-2,9-16)8-13-10(14)6-5-7-11(13)15/h16H,3-9H2,1-2H3. The highest BCUT2D eigenvalue weighted by Crippen LogP contribution is 2.30. The minimum Gasteiger partial charge on any atom is -0.282 e. The van der Waals surface area contributed by atoms with Crippen LogP contribution in [-0.2, 0) is 9.59 Å². The first-order chi connectivity index (χ1) is 7.58. The quantitative estimate of drug-likeness (QED) is 0.594. The Morgan fingerprint density at radius 2 is 1.69 bits per heavy atom. The number of carbonyl (C=O) groups is 2. The highest BCUT2D eigenvalue weighted by Gasteiger charge is 2.34. The molecule has 1 aliphatic rings. The molecule has 0 aromatic carbocycles. The van der Waals surface area contributed by atoms with Gasteiger partial charge < -0.3 is 0 Å². The van der Waals surface area contributed by atoms with Gasteiger partial charge in [-0.1, -0.05) is 13.8 Å². The van der Waals surface area contributed by atoms with Gasteiger partial charge in [0.05, 0.1) is 0 Å². The van der Waals surface area contributed by atoms with E-state index in [-0.39, 0.29) is 17.2 Å². The van der Waals surface area contributed by atoms with Crippen LogP contribution >= 0.6 is 12.6 Å². The topological polar surface area (TPSA) is 37.4 Å². The van der Waals surface area contributed by atoms with Crippen molar-refractivity contribution in [3.8, 4) is 0 Å². The highest BCUT2D eigenvalue weighted by atomic mass is 32.1. The fourth-order valence-corrected chi connectivity index (χ4v) is 2.61. The van der Waals surface area contributed by atoms with Gasteiger partial charge >= 0.3 is 0 Å². The van der Waals surface area contributed by atoms with Gasteiger partial charge in [-0.25, -0.2) is 0 Å². The molecule has 1 fully saturated rings. The first-order valence-corrected chi connectivity index (χ1v) is 6.66. The van der Waals surface area contributed by atoms with Crippen molar-refractivity contribution in [3.05, 3.63) is 0 Å². The first kappa shape index (κ1) is 13.6. The van der Waals surface area contributed by atoms with E-state index in [1.54, 1.807) is 0 Å². The summed E-state index contributed by atoms with van der Waals surface area (Å²) >= 11 is 4.37. The number of amides is 2. The minimum absolute atomic E-state index is 0.00816. The lowest BCUT2D eigenvalue weighted by atomic mass is 9.83. The Hall–Kier alpha value is -0.510. The van der Waals surface area contributed by atoms with E-state index in [2.05, 4.69) is 26.5 Å². The molecule has 3 nitrogen and oxygen atoms in total. The van der Waals surface area contributed by atoms with E-state index in [4.69, 9.17) is 0 Å². The van der Waals surface area contributed by atoms with Gasteiger partial charge in [0.15, 0.2) is 0 Å². The largest absolute Gasteiger partial charge is 0.282 e. The first-order valence-electron chi connectivity index (χ1n) is 6.02. The second kappa shape index (κ2) is 5.71. The van der Waals surface area contributed by atoms with Crippen LogP contribution in [0, 0.1) is 5.41 Å². The van der Waals surface area contributed by atoms with Crippen LogP contribution in [0.2, 0.25) is 0 Å². The average Bonchev–Trinajstić information content (AvgIpc) is 2.30. The Bertz CT molecular complexity index is 250. The summed E-state index contributed by atoms with van der Waals surface area (Å²) in [7, 11) is 0. The number of imide groups is 1. The van der Waals surface area contributed by atoms with Gasteiger partial charge in [-0.15, -0.1) is 0 Å². The lowest BCUT2D eigenvalue weighted by Crippen LogP contribution is -2.47. The smallest absolute Gasteiger partial charge is 0.229 e. The Labute approximate surface area is 103 Å². The van der Waals surface area contributed by atoms with Gasteiger partial charge in [0, 0.05) is 19.4 Å². The number of rotatable bonds is 5. The van der Waals surface area contributed by atoms with Gasteiger partial charge in [0.1, 0.15) is 0 Å². The molecule has 1 heterocycles. The van der Waals surface area contributed by atoms with Crippen LogP contribution in [0.15, 0.2) is 0 Å². The summed E-state index contributed by atoms with van der Waals surface area (Å²) in [6.45, 7) is 4.73. The van der Waals surface area contributed by atoms with Gasteiger partial charge in [0.25, 0.3) is 0 Å². The Morgan fingerprint density at radius 3 is 2.06 bits per heavy atom. The van der Waals surface area contributed by atoms with E-state index in [9.17, 15) is 9.59 Å². The monoisotopic (exact) mass is 243 g/mol. The Balaban J connectivity index is 2.76. The van der Waals surface area contributed by atoms with E-state index in [0.29, 0.717) is 25.8 Å². The third-order valence-electron chi connectivity index (χ3n) is 3.71. The summed E-state index contributed by atoms with van der Waals surface area (Å²) in [4.78, 5) is 24.9. The van der Waals surface area contributed by atoms with Gasteiger partial charge in [-0.2, -0.15) is 12.6 Å². The maximum absolute atomic E-state index is 11.7. The van der Waals surface area contributed by atoms with Crippen LogP contribution in [0.1, 0.15) is 46.0 Å². The molecule has 0 unspecified atom stereocenters. The lowest BCUT2D eigenvalue weighted by molar-refractivity contribution is -0.149. The number of hydrogen-bond acceptors (Lipinski definition) is 3. The third-order valence-corrected chi connectivity index (χ3v) is 4.38. The molecular weight excluding hydrogens is 222 g/mol. The number of thiol groups is 1. The van der Waals surface area contributed by atoms with Crippen LogP contribution in [0.25, 0.3) is 0 Å². The van der Waals surface area contributed by atoms with Crippen LogP contribution in [0.4, 0.5) is 0 Å². The van der Waals surface area contributed by atoms with Crippen molar-refractivity contribution in [1.29, 1.82) is 0 Å². The predicted molar refractivity (Wildman–Crippen MR) is 67.4 cm³/mol. The van der Waals surface area contributed by atoms with Crippen molar-refractivity contribution in [2.24, 2.45) is 5.41 Å². The van der Waals surface area contributed by atoms with Crippen molar-refractivity contribution in [1.82, 2.24) is 4.90 Å². The van der Waals surface area contributed by atoms with Crippen LogP contribution in [-0.4, -0.2) is 29.0 Å². The SMILES string of the molecule is CCC(CC)(CS)CN1C(=O)CCCC1=O. The molecule has 0 spiro atoms. The molecule has 1 saturated heterocycles. The van der Waals surface area contributed by atoms with Gasteiger partial charge in [-0.3, -0.25) is 14.5 Å². The molecule has 1 rings (SSSR count). The molecule has 0 aliphatic carbocycles. The molecule has 0 bridgehead atoms. The normalized spacial score (nSPS) is 18.1. The van der Waals surface area contributed by atoms with E-state index in [0.717, 1.165) is 18.6 Å². The molecule has 0 aromatic heterocycles. The number of carbonyl (C=O) groups excluding carboxylic acids is 2. The van der Waals surface area contributed by atoms with Gasteiger partial charge in [0.2, 0.25) is 11.8 Å². The zero-order chi connectivity index (χ0) is 12.2. The zero-order valence-electron chi connectivity index (χ0n) is 10.2. The van der Waals surface area contributed by atoms with E-state index < -0.39 is 0 Å². The Morgan fingerprint density at radius 1 is 1.19 bits per heavy atom. The van der Waals surface area contributed by atoms with Crippen molar-refractivity contribution in [2.45, 2.75) is 46.0 Å². The van der Waals surface area contributed by atoms with Crippen LogP contribution in [0.3, 0.4) is 0 Å². The van der Waals surface area contributed by atoms with E-state index >= 15 is 0 Å². The molecule has 0 saturated carbocycles. The fraction of sp³-hybridized carbons (Fsp3) is 0.833. The predicted octanol–water partition coefficient (Wildman–Crippen LogP) is 2.26. The summed E-state index contributed by atoms with van der Waals surface area (Å²) in [6.07, 6.45) is 3.64. The summed E-state index contributed by atoms with van der Waals surface area (Å²) in [5, 5.41) is 0. The second-order valence-corrected chi connectivity index (χ2v) is 4.91. The van der Waals surface area contributed by atoms with Crippen LogP contribution in [0.5, 0.6) is 0 Å². The number of piperidine rings is 1. The fourth-order valence-electron chi connectivity index (χ4n) is 2.06. The third kappa shape index (κ3) is 2.78. The second-order valence-electron chi connectivity index (χ2n) is 4.59. The van der Waals surface area contributed by atoms with E-state index in [1.165, 1.54) is 4.90 Å². The van der Waals surface area contributed by atoms with E-state index in [1.807, 2.05) is 0 Å². The van der Waals surface area contributed by atoms with Gasteiger partial charge in [-0.05, 0) is 30.4 Å². The summed E-state index contributed by atoms with van der Waals surface area (Å²) < 4.78 is 0. The summed E-state index contributed by atoms with van der Waals surface area (Å²) in [5.41, 5.74) is -0.00816. The van der Waals surface area contributed by atoms with Crippen molar-refractivity contribution < 1.29 is 9.59 Å². The molecule has 1 aliphatic heterocycles. The van der Waals surface area contributed by atoms with Crippen molar-refractivity contribution in [2.75, 3.05) is 12.3 Å². The van der Waals surface area contributed by atoms with Crippen LogP contribution < -0.4 is 0 Å². The molecular formula is C12H21NO2S. The molecule has 0 atom stereocenters. The average molecular weight is 243 g/mol. The number of likely N-dealkylation sites (tertiary alicyclic amines) is 1. The van der Waals surface area contributed by atoms with Crippen molar-refractivity contribution in [3.63, 3.8) is 0 Å². The number of hydrogen-bond donors (Lipinski definition) is 1. The lowest BCUT2D eigenvalue weighted by Gasteiger charge is -2.36. The molecule has 4 heteroatoms. The maximum atomic E-state index is 11.7. The molecule has 0 radical (unpaired) electrons. The zero-order valence-corrected chi connectivity index (χ0v) is 11.1. The molecule has 0 N–H and O–H groups in total. The summed E-state index contributed by atoms with van der Waals surface area (Å²) in [6, 6.07) is 0. The molecule has 92 valence electrons. The minimum atomic E-state index is -0.00990. The van der Waals surface area contributed by atoms with Crippen molar-refractivity contribution >= 4 is 24.4 Å². The molecule has 0 aromatic rings. The summed E-state index contributed by atoms with van der Waals surface area (Å²) in [5.74, 6) is 0.700. The molecule has 16 heavy (non-hydrogen) atoms.